The zero-order valence-electron chi connectivity index (χ0n) is 13.5. The van der Waals surface area contributed by atoms with Gasteiger partial charge in [-0.1, -0.05) is 63.8 Å². The van der Waals surface area contributed by atoms with Crippen molar-refractivity contribution in [3.05, 3.63) is 35.4 Å². The first-order valence-electron chi connectivity index (χ1n) is 8.15. The van der Waals surface area contributed by atoms with Crippen molar-refractivity contribution in [2.45, 2.75) is 58.4 Å². The van der Waals surface area contributed by atoms with E-state index in [-0.39, 0.29) is 0 Å². The molecule has 1 N–H and O–H groups in total. The van der Waals surface area contributed by atoms with Gasteiger partial charge in [-0.05, 0) is 31.0 Å². The van der Waals surface area contributed by atoms with Crippen LogP contribution >= 0.6 is 0 Å². The fraction of sp³-hybridized carbons (Fsp3) is 0.667. The number of benzene rings is 1. The minimum absolute atomic E-state index is 0.303. The molecular weight excluding hydrogens is 246 g/mol. The van der Waals surface area contributed by atoms with Gasteiger partial charge in [0, 0.05) is 6.61 Å². The first kappa shape index (κ1) is 17.2. The van der Waals surface area contributed by atoms with E-state index in [0.29, 0.717) is 6.04 Å². The second-order valence-electron chi connectivity index (χ2n) is 5.47. The van der Waals surface area contributed by atoms with Crippen LogP contribution in [0.1, 0.15) is 63.1 Å². The second kappa shape index (κ2) is 10.9. The van der Waals surface area contributed by atoms with Crippen LogP contribution in [0.3, 0.4) is 0 Å². The van der Waals surface area contributed by atoms with Gasteiger partial charge in [-0.25, -0.2) is 0 Å². The summed E-state index contributed by atoms with van der Waals surface area (Å²) in [6, 6.07) is 9.24. The molecule has 20 heavy (non-hydrogen) atoms. The summed E-state index contributed by atoms with van der Waals surface area (Å²) in [5.74, 6) is 0. The molecule has 0 aliphatic carbocycles. The lowest BCUT2D eigenvalue weighted by Gasteiger charge is -2.17. The van der Waals surface area contributed by atoms with Crippen LogP contribution in [0.5, 0.6) is 0 Å². The van der Waals surface area contributed by atoms with Gasteiger partial charge in [-0.2, -0.15) is 0 Å². The number of ether oxygens (including phenoxy) is 1. The van der Waals surface area contributed by atoms with E-state index in [9.17, 15) is 0 Å². The molecule has 1 aromatic carbocycles. The van der Waals surface area contributed by atoms with Gasteiger partial charge in [0.25, 0.3) is 0 Å². The lowest BCUT2D eigenvalue weighted by Crippen LogP contribution is -2.22. The van der Waals surface area contributed by atoms with Gasteiger partial charge in [0.2, 0.25) is 0 Å². The fourth-order valence-electron chi connectivity index (χ4n) is 2.38. The molecule has 2 heteroatoms. The summed E-state index contributed by atoms with van der Waals surface area (Å²) in [5.41, 5.74) is 2.74. The normalized spacial score (nSPS) is 12.6. The van der Waals surface area contributed by atoms with Gasteiger partial charge in [0.15, 0.2) is 0 Å². The Labute approximate surface area is 124 Å². The first-order chi connectivity index (χ1) is 9.81. The standard InChI is InChI=1S/C18H31NO/c1-4-6-7-8-14-20-15-18(19-3)17-12-10-16(9-5-2)11-13-17/h10-13,18-19H,4-9,14-15H2,1-3H3. The highest BCUT2D eigenvalue weighted by molar-refractivity contribution is 5.25. The largest absolute Gasteiger partial charge is 0.379 e. The predicted molar refractivity (Wildman–Crippen MR) is 87.2 cm³/mol. The van der Waals surface area contributed by atoms with Crippen LogP contribution in [0.15, 0.2) is 24.3 Å². The van der Waals surface area contributed by atoms with Crippen LogP contribution in [0, 0.1) is 0 Å². The third-order valence-corrected chi connectivity index (χ3v) is 3.70. The number of likely N-dealkylation sites (N-methyl/N-ethyl adjacent to an activating group) is 1. The number of unbranched alkanes of at least 4 members (excludes halogenated alkanes) is 3. The number of nitrogens with one attached hydrogen (secondary N) is 1. The second-order valence-corrected chi connectivity index (χ2v) is 5.47. The van der Waals surface area contributed by atoms with E-state index in [1.807, 2.05) is 7.05 Å². The van der Waals surface area contributed by atoms with Crippen molar-refractivity contribution < 1.29 is 4.74 Å². The van der Waals surface area contributed by atoms with Gasteiger partial charge >= 0.3 is 0 Å². The summed E-state index contributed by atoms with van der Waals surface area (Å²) < 4.78 is 5.80. The fourth-order valence-corrected chi connectivity index (χ4v) is 2.38. The van der Waals surface area contributed by atoms with Crippen molar-refractivity contribution in [2.24, 2.45) is 0 Å². The molecule has 0 radical (unpaired) electrons. The third-order valence-electron chi connectivity index (χ3n) is 3.70. The molecule has 0 aliphatic heterocycles. The van der Waals surface area contributed by atoms with Crippen LogP contribution < -0.4 is 5.32 Å². The van der Waals surface area contributed by atoms with Crippen molar-refractivity contribution >= 4 is 0 Å². The van der Waals surface area contributed by atoms with E-state index in [1.54, 1.807) is 0 Å². The minimum Gasteiger partial charge on any atom is -0.379 e. The molecule has 0 bridgehead atoms. The smallest absolute Gasteiger partial charge is 0.0661 e. The lowest BCUT2D eigenvalue weighted by molar-refractivity contribution is 0.110. The van der Waals surface area contributed by atoms with E-state index >= 15 is 0 Å². The zero-order valence-corrected chi connectivity index (χ0v) is 13.5. The highest BCUT2D eigenvalue weighted by atomic mass is 16.5. The van der Waals surface area contributed by atoms with Gasteiger partial charge in [0.05, 0.1) is 12.6 Å². The molecule has 0 saturated carbocycles. The zero-order chi connectivity index (χ0) is 14.6. The van der Waals surface area contributed by atoms with Crippen LogP contribution in [0.4, 0.5) is 0 Å². The summed E-state index contributed by atoms with van der Waals surface area (Å²) in [5, 5.41) is 3.35. The maximum absolute atomic E-state index is 5.80. The molecule has 0 aromatic heterocycles. The van der Waals surface area contributed by atoms with Gasteiger partial charge in [-0.3, -0.25) is 0 Å². The number of hydrogen-bond acceptors (Lipinski definition) is 2. The molecule has 1 aromatic rings. The Morgan fingerprint density at radius 3 is 2.35 bits per heavy atom. The molecule has 1 unspecified atom stereocenters. The number of aryl methyl sites for hydroxylation is 1. The Morgan fingerprint density at radius 1 is 1.00 bits per heavy atom. The van der Waals surface area contributed by atoms with Gasteiger partial charge in [-0.15, -0.1) is 0 Å². The number of rotatable bonds is 11. The van der Waals surface area contributed by atoms with Gasteiger partial charge in [0.1, 0.15) is 0 Å². The Kier molecular flexibility index (Phi) is 9.35. The van der Waals surface area contributed by atoms with Crippen LogP contribution in [-0.2, 0) is 11.2 Å². The van der Waals surface area contributed by atoms with Crippen LogP contribution in [-0.4, -0.2) is 20.3 Å². The van der Waals surface area contributed by atoms with Crippen molar-refractivity contribution in [3.63, 3.8) is 0 Å². The summed E-state index contributed by atoms with van der Waals surface area (Å²) in [4.78, 5) is 0. The molecule has 1 rings (SSSR count). The van der Waals surface area contributed by atoms with E-state index in [4.69, 9.17) is 4.74 Å². The Bertz CT molecular complexity index is 334. The Hall–Kier alpha value is -0.860. The Balaban J connectivity index is 2.33. The van der Waals surface area contributed by atoms with Gasteiger partial charge < -0.3 is 10.1 Å². The number of hydrogen-bond donors (Lipinski definition) is 1. The monoisotopic (exact) mass is 277 g/mol. The summed E-state index contributed by atoms with van der Waals surface area (Å²) in [7, 11) is 2.01. The highest BCUT2D eigenvalue weighted by Crippen LogP contribution is 2.15. The predicted octanol–water partition coefficient (Wildman–Crippen LogP) is 4.50. The van der Waals surface area contributed by atoms with Crippen molar-refractivity contribution in [3.8, 4) is 0 Å². The summed E-state index contributed by atoms with van der Waals surface area (Å²) in [6.45, 7) is 6.10. The average molecular weight is 277 g/mol. The van der Waals surface area contributed by atoms with Crippen LogP contribution in [0.2, 0.25) is 0 Å². The van der Waals surface area contributed by atoms with Crippen LogP contribution in [0.25, 0.3) is 0 Å². The first-order valence-corrected chi connectivity index (χ1v) is 8.15. The Morgan fingerprint density at radius 2 is 1.75 bits per heavy atom. The van der Waals surface area contributed by atoms with E-state index in [1.165, 1.54) is 49.7 Å². The van der Waals surface area contributed by atoms with Crippen molar-refractivity contribution in [2.75, 3.05) is 20.3 Å². The third kappa shape index (κ3) is 6.53. The SMILES string of the molecule is CCCCCCOCC(NC)c1ccc(CCC)cc1. The van der Waals surface area contributed by atoms with Crippen molar-refractivity contribution in [1.82, 2.24) is 5.32 Å². The topological polar surface area (TPSA) is 21.3 Å². The molecule has 0 saturated heterocycles. The maximum atomic E-state index is 5.80. The molecule has 0 amide bonds. The van der Waals surface area contributed by atoms with E-state index in [0.717, 1.165) is 13.2 Å². The summed E-state index contributed by atoms with van der Waals surface area (Å²) in [6.07, 6.45) is 7.43. The molecule has 0 heterocycles. The molecule has 0 fully saturated rings. The minimum atomic E-state index is 0.303. The molecular formula is C18H31NO. The molecule has 114 valence electrons. The molecule has 2 nitrogen and oxygen atoms in total. The van der Waals surface area contributed by atoms with Crippen molar-refractivity contribution in [1.29, 1.82) is 0 Å². The van der Waals surface area contributed by atoms with E-state index < -0.39 is 0 Å². The lowest BCUT2D eigenvalue weighted by atomic mass is 10.0. The maximum Gasteiger partial charge on any atom is 0.0661 e. The molecule has 0 spiro atoms. The van der Waals surface area contributed by atoms with E-state index in [2.05, 4.69) is 43.4 Å². The highest BCUT2D eigenvalue weighted by Gasteiger charge is 2.08. The quantitative estimate of drug-likeness (QED) is 0.601. The summed E-state index contributed by atoms with van der Waals surface area (Å²) >= 11 is 0. The molecule has 0 aliphatic rings. The molecule has 1 atom stereocenters. The average Bonchev–Trinajstić information content (AvgIpc) is 2.48.